The minimum Gasteiger partial charge on any atom is -0.445 e. The number of fused-ring (bicyclic) bond motifs is 1. The summed E-state index contributed by atoms with van der Waals surface area (Å²) in [6.07, 6.45) is 1.63. The third-order valence-corrected chi connectivity index (χ3v) is 6.81. The van der Waals surface area contributed by atoms with Gasteiger partial charge >= 0.3 is 11.8 Å². The monoisotopic (exact) mass is 475 g/mol. The highest BCUT2D eigenvalue weighted by atomic mass is 35.5. The van der Waals surface area contributed by atoms with Crippen LogP contribution in [0, 0.1) is 5.41 Å². The van der Waals surface area contributed by atoms with E-state index in [-0.39, 0.29) is 18.1 Å². The van der Waals surface area contributed by atoms with Crippen molar-refractivity contribution in [1.29, 1.82) is 0 Å². The average molecular weight is 476 g/mol. The number of nitrogens with zero attached hydrogens (tertiary/aromatic N) is 2. The number of hydrogen-bond donors (Lipinski definition) is 1. The molecule has 1 amide bonds. The lowest BCUT2D eigenvalue weighted by Crippen LogP contribution is -2.60. The number of hydrogen-bond acceptors (Lipinski definition) is 5. The fourth-order valence-corrected chi connectivity index (χ4v) is 5.34. The van der Waals surface area contributed by atoms with Crippen molar-refractivity contribution in [3.8, 4) is 0 Å². The van der Waals surface area contributed by atoms with E-state index in [1.54, 1.807) is 23.1 Å². The van der Waals surface area contributed by atoms with Crippen LogP contribution in [0.25, 0.3) is 11.1 Å². The van der Waals surface area contributed by atoms with E-state index < -0.39 is 5.76 Å². The van der Waals surface area contributed by atoms with Crippen LogP contribution in [0.2, 0.25) is 10.0 Å². The van der Waals surface area contributed by atoms with E-state index in [0.29, 0.717) is 28.7 Å². The molecular formula is C23H23Cl2N3O4. The van der Waals surface area contributed by atoms with Crippen LogP contribution in [0.1, 0.15) is 24.0 Å². The molecular weight excluding hydrogens is 453 g/mol. The smallest absolute Gasteiger partial charge is 0.417 e. The fourth-order valence-electron chi connectivity index (χ4n) is 4.77. The predicted molar refractivity (Wildman–Crippen MR) is 122 cm³/mol. The molecule has 32 heavy (non-hydrogen) atoms. The second-order valence-electron chi connectivity index (χ2n) is 8.81. The molecule has 5 rings (SSSR count). The number of aromatic amines is 1. The topological polar surface area (TPSA) is 78.8 Å². The first-order chi connectivity index (χ1) is 15.4. The molecule has 3 heterocycles. The summed E-state index contributed by atoms with van der Waals surface area (Å²) in [5.41, 5.74) is 3.47. The Morgan fingerprint density at radius 1 is 1.06 bits per heavy atom. The molecule has 0 aliphatic carbocycles. The standard InChI is InChI=1S/C23H23Cl2N3O4/c24-17-7-16(8-18(25)10-17)12-31-22(30)28-5-3-23(4-6-28)13-27(14-23)11-15-1-2-19-20(9-15)32-21(29)26-19/h1-2,7-10H,3-6,11-14H2,(H,26,29). The van der Waals surface area contributed by atoms with Gasteiger partial charge in [-0.1, -0.05) is 29.3 Å². The molecule has 0 unspecified atom stereocenters. The van der Waals surface area contributed by atoms with E-state index in [9.17, 15) is 9.59 Å². The number of H-pyrrole nitrogens is 1. The normalized spacial score (nSPS) is 18.1. The zero-order valence-electron chi connectivity index (χ0n) is 17.4. The van der Waals surface area contributed by atoms with Crippen molar-refractivity contribution in [2.24, 2.45) is 5.41 Å². The summed E-state index contributed by atoms with van der Waals surface area (Å²) in [6.45, 7) is 4.38. The minimum absolute atomic E-state index is 0.153. The van der Waals surface area contributed by atoms with Gasteiger partial charge in [0, 0.05) is 42.8 Å². The summed E-state index contributed by atoms with van der Waals surface area (Å²) in [5.74, 6) is -0.429. The predicted octanol–water partition coefficient (Wildman–Crippen LogP) is 4.66. The summed E-state index contributed by atoms with van der Waals surface area (Å²) in [4.78, 5) is 30.6. The van der Waals surface area contributed by atoms with Crippen LogP contribution < -0.4 is 5.76 Å². The molecule has 0 atom stereocenters. The first-order valence-electron chi connectivity index (χ1n) is 10.6. The van der Waals surface area contributed by atoms with Crippen LogP contribution in [-0.2, 0) is 17.9 Å². The maximum absolute atomic E-state index is 12.5. The Bertz CT molecular complexity index is 1190. The second-order valence-corrected chi connectivity index (χ2v) is 9.68. The second kappa shape index (κ2) is 8.46. The van der Waals surface area contributed by atoms with Crippen LogP contribution in [0.5, 0.6) is 0 Å². The Hall–Kier alpha value is -2.48. The van der Waals surface area contributed by atoms with Gasteiger partial charge in [-0.25, -0.2) is 9.59 Å². The largest absolute Gasteiger partial charge is 0.445 e. The zero-order valence-corrected chi connectivity index (χ0v) is 18.9. The number of rotatable bonds is 4. The SMILES string of the molecule is O=C(OCc1cc(Cl)cc(Cl)c1)N1CCC2(CC1)CN(Cc1ccc3[nH]c(=O)oc3c1)C2. The highest BCUT2D eigenvalue weighted by Crippen LogP contribution is 2.41. The Morgan fingerprint density at radius 2 is 1.78 bits per heavy atom. The summed E-state index contributed by atoms with van der Waals surface area (Å²) < 4.78 is 10.6. The maximum atomic E-state index is 12.5. The maximum Gasteiger partial charge on any atom is 0.417 e. The summed E-state index contributed by atoms with van der Waals surface area (Å²) >= 11 is 12.0. The van der Waals surface area contributed by atoms with Crippen molar-refractivity contribution >= 4 is 40.4 Å². The highest BCUT2D eigenvalue weighted by Gasteiger charge is 2.45. The number of benzene rings is 2. The van der Waals surface area contributed by atoms with Crippen LogP contribution in [-0.4, -0.2) is 47.1 Å². The number of aromatic nitrogens is 1. The Kier molecular flexibility index (Phi) is 5.65. The number of oxazole rings is 1. The highest BCUT2D eigenvalue weighted by molar-refractivity contribution is 6.34. The number of ether oxygens (including phenoxy) is 1. The zero-order chi connectivity index (χ0) is 22.3. The van der Waals surface area contributed by atoms with Gasteiger partial charge in [-0.2, -0.15) is 0 Å². The van der Waals surface area contributed by atoms with Gasteiger partial charge in [0.15, 0.2) is 5.58 Å². The van der Waals surface area contributed by atoms with Crippen molar-refractivity contribution in [2.75, 3.05) is 26.2 Å². The molecule has 0 saturated carbocycles. The molecule has 0 bridgehead atoms. The van der Waals surface area contributed by atoms with Crippen LogP contribution in [0.4, 0.5) is 4.79 Å². The van der Waals surface area contributed by atoms with Gasteiger partial charge in [0.1, 0.15) is 6.61 Å². The van der Waals surface area contributed by atoms with E-state index in [4.69, 9.17) is 32.4 Å². The number of carbonyl (C=O) groups excluding carboxylic acids is 1. The van der Waals surface area contributed by atoms with Gasteiger partial charge in [-0.3, -0.25) is 9.88 Å². The first kappa shape index (κ1) is 21.4. The van der Waals surface area contributed by atoms with E-state index in [2.05, 4.69) is 9.88 Å². The van der Waals surface area contributed by atoms with Gasteiger partial charge in [0.25, 0.3) is 0 Å². The quantitative estimate of drug-likeness (QED) is 0.593. The third kappa shape index (κ3) is 4.51. The first-order valence-corrected chi connectivity index (χ1v) is 11.3. The Labute approximate surface area is 194 Å². The van der Waals surface area contributed by atoms with Crippen LogP contribution >= 0.6 is 23.2 Å². The molecule has 0 radical (unpaired) electrons. The number of halogens is 2. The van der Waals surface area contributed by atoms with Crippen molar-refractivity contribution in [1.82, 2.24) is 14.8 Å². The van der Waals surface area contributed by atoms with Crippen LogP contribution in [0.3, 0.4) is 0 Å². The average Bonchev–Trinajstić information content (AvgIpc) is 3.10. The molecule has 2 fully saturated rings. The minimum atomic E-state index is -0.429. The summed E-state index contributed by atoms with van der Waals surface area (Å²) in [5, 5.41) is 1.05. The van der Waals surface area contributed by atoms with Gasteiger partial charge in [-0.15, -0.1) is 0 Å². The van der Waals surface area contributed by atoms with Crippen LogP contribution in [0.15, 0.2) is 45.6 Å². The van der Waals surface area contributed by atoms with E-state index in [1.165, 1.54) is 0 Å². The number of piperidine rings is 1. The summed E-state index contributed by atoms with van der Waals surface area (Å²) in [7, 11) is 0. The Balaban J connectivity index is 1.09. The molecule has 9 heteroatoms. The lowest BCUT2D eigenvalue weighted by molar-refractivity contribution is -0.0496. The number of likely N-dealkylation sites (tertiary alicyclic amines) is 2. The Morgan fingerprint density at radius 3 is 2.50 bits per heavy atom. The molecule has 1 aromatic heterocycles. The van der Waals surface area contributed by atoms with Crippen molar-refractivity contribution in [2.45, 2.75) is 26.0 Å². The lowest BCUT2D eigenvalue weighted by Gasteiger charge is -2.54. The molecule has 168 valence electrons. The van der Waals surface area contributed by atoms with Gasteiger partial charge in [0.05, 0.1) is 5.52 Å². The summed E-state index contributed by atoms with van der Waals surface area (Å²) in [6, 6.07) is 11.0. The molecule has 7 nitrogen and oxygen atoms in total. The van der Waals surface area contributed by atoms with E-state index in [1.807, 2.05) is 18.2 Å². The number of nitrogens with one attached hydrogen (secondary N) is 1. The van der Waals surface area contributed by atoms with Gasteiger partial charge < -0.3 is 14.1 Å². The lowest BCUT2D eigenvalue weighted by atomic mass is 9.72. The fraction of sp³-hybridized carbons (Fsp3) is 0.391. The molecule has 2 aliphatic rings. The van der Waals surface area contributed by atoms with Crippen molar-refractivity contribution in [3.63, 3.8) is 0 Å². The molecule has 2 aromatic carbocycles. The van der Waals surface area contributed by atoms with Gasteiger partial charge in [0.2, 0.25) is 0 Å². The number of amides is 1. The van der Waals surface area contributed by atoms with Gasteiger partial charge in [-0.05, 0) is 59.7 Å². The van der Waals surface area contributed by atoms with E-state index in [0.717, 1.165) is 49.1 Å². The van der Waals surface area contributed by atoms with Crippen molar-refractivity contribution in [3.05, 3.63) is 68.1 Å². The molecule has 3 aromatic rings. The number of carbonyl (C=O) groups is 1. The van der Waals surface area contributed by atoms with Crippen molar-refractivity contribution < 1.29 is 13.9 Å². The molecule has 2 aliphatic heterocycles. The third-order valence-electron chi connectivity index (χ3n) is 6.38. The molecule has 1 spiro atoms. The van der Waals surface area contributed by atoms with E-state index >= 15 is 0 Å². The molecule has 2 saturated heterocycles. The molecule has 1 N–H and O–H groups in total.